The van der Waals surface area contributed by atoms with E-state index in [2.05, 4.69) is 10.3 Å². The first-order valence-corrected chi connectivity index (χ1v) is 8.45. The molecule has 5 nitrogen and oxygen atoms in total. The van der Waals surface area contributed by atoms with Crippen LogP contribution in [0.1, 0.15) is 35.5 Å². The second-order valence-corrected chi connectivity index (χ2v) is 5.95. The van der Waals surface area contributed by atoms with E-state index in [-0.39, 0.29) is 11.0 Å². The van der Waals surface area contributed by atoms with Crippen molar-refractivity contribution in [1.82, 2.24) is 9.55 Å². The molecule has 0 radical (unpaired) electrons. The molecule has 128 valence electrons. The number of carbonyl (C=O) groups is 1. The number of carbonyl (C=O) groups excluding carboxylic acids is 1. The molecule has 0 aliphatic rings. The summed E-state index contributed by atoms with van der Waals surface area (Å²) in [6.45, 7) is 6.49. The Kier molecular flexibility index (Phi) is 4.65. The number of nitrogens with one attached hydrogen (secondary N) is 1. The van der Waals surface area contributed by atoms with Gasteiger partial charge in [-0.05, 0) is 44.0 Å². The third kappa shape index (κ3) is 3.18. The average molecular weight is 335 g/mol. The Labute approximate surface area is 146 Å². The number of anilines is 1. The third-order valence-electron chi connectivity index (χ3n) is 4.29. The minimum Gasteiger partial charge on any atom is -0.332 e. The molecule has 5 heteroatoms. The SMILES string of the molecule is CCc1ccccc1NC(=O)c1cn(CC)c2nc(C)ccc2c1=O. The highest BCUT2D eigenvalue weighted by molar-refractivity contribution is 6.05. The zero-order chi connectivity index (χ0) is 18.0. The number of amides is 1. The number of benzene rings is 1. The molecule has 2 aromatic heterocycles. The number of rotatable bonds is 4. The van der Waals surface area contributed by atoms with E-state index in [0.717, 1.165) is 23.4 Å². The van der Waals surface area contributed by atoms with Gasteiger partial charge >= 0.3 is 0 Å². The van der Waals surface area contributed by atoms with E-state index in [9.17, 15) is 9.59 Å². The van der Waals surface area contributed by atoms with Crippen LogP contribution in [0.15, 0.2) is 47.4 Å². The van der Waals surface area contributed by atoms with Crippen LogP contribution in [0.25, 0.3) is 11.0 Å². The maximum Gasteiger partial charge on any atom is 0.261 e. The van der Waals surface area contributed by atoms with Gasteiger partial charge in [0.15, 0.2) is 0 Å². The molecule has 2 heterocycles. The van der Waals surface area contributed by atoms with E-state index < -0.39 is 5.91 Å². The Morgan fingerprint density at radius 2 is 1.92 bits per heavy atom. The molecule has 3 rings (SSSR count). The van der Waals surface area contributed by atoms with Gasteiger partial charge in [-0.1, -0.05) is 25.1 Å². The van der Waals surface area contributed by atoms with E-state index in [1.54, 1.807) is 18.3 Å². The summed E-state index contributed by atoms with van der Waals surface area (Å²) in [7, 11) is 0. The number of nitrogens with zero attached hydrogens (tertiary/aromatic N) is 2. The molecular formula is C20H21N3O2. The van der Waals surface area contributed by atoms with Gasteiger partial charge in [0, 0.05) is 24.1 Å². The molecule has 25 heavy (non-hydrogen) atoms. The predicted molar refractivity (Wildman–Crippen MR) is 100 cm³/mol. The summed E-state index contributed by atoms with van der Waals surface area (Å²) >= 11 is 0. The minimum atomic E-state index is -0.393. The van der Waals surface area contributed by atoms with Crippen LogP contribution in [0.5, 0.6) is 0 Å². The molecule has 0 fully saturated rings. The van der Waals surface area contributed by atoms with Crippen molar-refractivity contribution in [2.75, 3.05) is 5.32 Å². The van der Waals surface area contributed by atoms with Gasteiger partial charge in [0.2, 0.25) is 5.43 Å². The lowest BCUT2D eigenvalue weighted by atomic mass is 10.1. The summed E-state index contributed by atoms with van der Waals surface area (Å²) < 4.78 is 1.84. The molecule has 0 unspecified atom stereocenters. The van der Waals surface area contributed by atoms with Crippen molar-refractivity contribution < 1.29 is 4.79 Å². The number of aromatic nitrogens is 2. The molecule has 1 aromatic carbocycles. The van der Waals surface area contributed by atoms with Gasteiger partial charge in [0.25, 0.3) is 5.91 Å². The van der Waals surface area contributed by atoms with Crippen LogP contribution in [0, 0.1) is 6.92 Å². The summed E-state index contributed by atoms with van der Waals surface area (Å²) in [6.07, 6.45) is 2.40. The summed E-state index contributed by atoms with van der Waals surface area (Å²) in [5.41, 5.74) is 3.05. The van der Waals surface area contributed by atoms with Crippen LogP contribution in [0.2, 0.25) is 0 Å². The fourth-order valence-corrected chi connectivity index (χ4v) is 2.90. The summed E-state index contributed by atoms with van der Waals surface area (Å²) in [5.74, 6) is -0.393. The molecule has 0 aliphatic carbocycles. The Hall–Kier alpha value is -2.95. The van der Waals surface area contributed by atoms with Gasteiger partial charge in [-0.3, -0.25) is 9.59 Å². The number of fused-ring (bicyclic) bond motifs is 1. The lowest BCUT2D eigenvalue weighted by Crippen LogP contribution is -2.24. The number of aryl methyl sites for hydroxylation is 3. The lowest BCUT2D eigenvalue weighted by molar-refractivity contribution is 0.102. The largest absolute Gasteiger partial charge is 0.332 e. The quantitative estimate of drug-likeness (QED) is 0.793. The van der Waals surface area contributed by atoms with Crippen molar-refractivity contribution >= 4 is 22.6 Å². The molecule has 0 aliphatic heterocycles. The molecule has 0 spiro atoms. The smallest absolute Gasteiger partial charge is 0.261 e. The Morgan fingerprint density at radius 3 is 2.64 bits per heavy atom. The van der Waals surface area contributed by atoms with Crippen molar-refractivity contribution in [3.63, 3.8) is 0 Å². The Morgan fingerprint density at radius 1 is 1.16 bits per heavy atom. The van der Waals surface area contributed by atoms with Crippen molar-refractivity contribution in [2.24, 2.45) is 0 Å². The van der Waals surface area contributed by atoms with Crippen LogP contribution in [0.3, 0.4) is 0 Å². The van der Waals surface area contributed by atoms with Crippen molar-refractivity contribution in [3.8, 4) is 0 Å². The highest BCUT2D eigenvalue weighted by atomic mass is 16.2. The van der Waals surface area contributed by atoms with Gasteiger partial charge in [0.1, 0.15) is 11.2 Å². The van der Waals surface area contributed by atoms with Crippen LogP contribution >= 0.6 is 0 Å². The first-order valence-electron chi connectivity index (χ1n) is 8.45. The van der Waals surface area contributed by atoms with Gasteiger partial charge in [-0.25, -0.2) is 4.98 Å². The van der Waals surface area contributed by atoms with E-state index in [1.807, 2.05) is 49.6 Å². The molecule has 1 N–H and O–H groups in total. The molecule has 1 amide bonds. The van der Waals surface area contributed by atoms with Gasteiger partial charge in [-0.2, -0.15) is 0 Å². The zero-order valence-corrected chi connectivity index (χ0v) is 14.7. The van der Waals surface area contributed by atoms with Crippen molar-refractivity contribution in [2.45, 2.75) is 33.7 Å². The number of pyridine rings is 2. The monoisotopic (exact) mass is 335 g/mol. The Balaban J connectivity index is 2.09. The molecule has 0 bridgehead atoms. The normalized spacial score (nSPS) is 10.8. The topological polar surface area (TPSA) is 64.0 Å². The maximum atomic E-state index is 12.8. The Bertz CT molecular complexity index is 1010. The zero-order valence-electron chi connectivity index (χ0n) is 14.7. The highest BCUT2D eigenvalue weighted by Crippen LogP contribution is 2.17. The molecule has 0 saturated heterocycles. The molecule has 0 atom stereocenters. The van der Waals surface area contributed by atoms with Crippen LogP contribution in [-0.2, 0) is 13.0 Å². The van der Waals surface area contributed by atoms with E-state index in [1.165, 1.54) is 0 Å². The van der Waals surface area contributed by atoms with Crippen LogP contribution in [-0.4, -0.2) is 15.5 Å². The van der Waals surface area contributed by atoms with Gasteiger partial charge in [-0.15, -0.1) is 0 Å². The number of para-hydroxylation sites is 1. The molecular weight excluding hydrogens is 314 g/mol. The third-order valence-corrected chi connectivity index (χ3v) is 4.29. The van der Waals surface area contributed by atoms with E-state index in [0.29, 0.717) is 17.6 Å². The van der Waals surface area contributed by atoms with Crippen molar-refractivity contribution in [1.29, 1.82) is 0 Å². The van der Waals surface area contributed by atoms with Crippen molar-refractivity contribution in [3.05, 3.63) is 69.6 Å². The second kappa shape index (κ2) is 6.89. The van der Waals surface area contributed by atoms with Gasteiger partial charge < -0.3 is 9.88 Å². The fraction of sp³-hybridized carbons (Fsp3) is 0.250. The lowest BCUT2D eigenvalue weighted by Gasteiger charge is -2.13. The fourth-order valence-electron chi connectivity index (χ4n) is 2.90. The first kappa shape index (κ1) is 16.9. The predicted octanol–water partition coefficient (Wildman–Crippen LogP) is 3.54. The maximum absolute atomic E-state index is 12.8. The van der Waals surface area contributed by atoms with Crippen LogP contribution < -0.4 is 10.7 Å². The standard InChI is InChI=1S/C20H21N3O2/c1-4-14-8-6-7-9-17(14)22-20(25)16-12-23(5-2)19-15(18(16)24)11-10-13(3)21-19/h6-12H,4-5H2,1-3H3,(H,22,25). The number of hydrogen-bond acceptors (Lipinski definition) is 3. The van der Waals surface area contributed by atoms with E-state index >= 15 is 0 Å². The molecule has 0 saturated carbocycles. The van der Waals surface area contributed by atoms with Crippen LogP contribution in [0.4, 0.5) is 5.69 Å². The summed E-state index contributed by atoms with van der Waals surface area (Å²) in [5, 5.41) is 3.34. The summed E-state index contributed by atoms with van der Waals surface area (Å²) in [4.78, 5) is 30.0. The summed E-state index contributed by atoms with van der Waals surface area (Å²) in [6, 6.07) is 11.1. The number of hydrogen-bond donors (Lipinski definition) is 1. The van der Waals surface area contributed by atoms with E-state index in [4.69, 9.17) is 0 Å². The second-order valence-electron chi connectivity index (χ2n) is 5.95. The minimum absolute atomic E-state index is 0.130. The first-order chi connectivity index (χ1) is 12.0. The molecule has 3 aromatic rings. The van der Waals surface area contributed by atoms with Gasteiger partial charge in [0.05, 0.1) is 5.39 Å². The highest BCUT2D eigenvalue weighted by Gasteiger charge is 2.17. The average Bonchev–Trinajstić information content (AvgIpc) is 2.62.